The third-order valence-electron chi connectivity index (χ3n) is 2.10. The maximum absolute atomic E-state index is 8.84. The van der Waals surface area contributed by atoms with Crippen LogP contribution in [0.2, 0.25) is 0 Å². The summed E-state index contributed by atoms with van der Waals surface area (Å²) in [5.74, 6) is 0.670. The fraction of sp³-hybridized carbons (Fsp3) is 0.300. The summed E-state index contributed by atoms with van der Waals surface area (Å²) in [7, 11) is 1.58. The quantitative estimate of drug-likeness (QED) is 0.755. The topological polar surface area (TPSA) is 33.0 Å². The maximum Gasteiger partial charge on any atom is 0.139 e. The molecular weight excluding hydrogens is 230 g/mol. The highest BCUT2D eigenvalue weighted by atomic mass is 79.9. The second-order valence-corrected chi connectivity index (χ2v) is 3.66. The van der Waals surface area contributed by atoms with Crippen LogP contribution in [0.15, 0.2) is 10.5 Å². The lowest BCUT2D eigenvalue weighted by atomic mass is 10.1. The highest BCUT2D eigenvalue weighted by molar-refractivity contribution is 9.10. The number of hydrogen-bond acceptors (Lipinski definition) is 2. The first kappa shape index (κ1) is 10.1. The molecule has 0 amide bonds. The maximum atomic E-state index is 8.84. The van der Waals surface area contributed by atoms with Gasteiger partial charge in [-0.25, -0.2) is 0 Å². The monoisotopic (exact) mass is 239 g/mol. The zero-order chi connectivity index (χ0) is 10.0. The normalized spacial score (nSPS) is 9.46. The number of ether oxygens (including phenoxy) is 1. The number of rotatable bonds is 1. The smallest absolute Gasteiger partial charge is 0.139 e. The van der Waals surface area contributed by atoms with Crippen LogP contribution in [0.1, 0.15) is 16.7 Å². The van der Waals surface area contributed by atoms with Crippen molar-refractivity contribution in [3.8, 4) is 11.8 Å². The second kappa shape index (κ2) is 3.80. The van der Waals surface area contributed by atoms with Crippen LogP contribution in [0, 0.1) is 25.2 Å². The van der Waals surface area contributed by atoms with Crippen molar-refractivity contribution in [2.75, 3.05) is 7.11 Å². The highest BCUT2D eigenvalue weighted by Gasteiger charge is 2.10. The Morgan fingerprint density at radius 3 is 2.46 bits per heavy atom. The van der Waals surface area contributed by atoms with E-state index in [2.05, 4.69) is 22.0 Å². The molecule has 0 saturated heterocycles. The first-order valence-electron chi connectivity index (χ1n) is 3.85. The van der Waals surface area contributed by atoms with Crippen molar-refractivity contribution in [2.24, 2.45) is 0 Å². The molecule has 68 valence electrons. The predicted molar refractivity (Wildman–Crippen MR) is 54.9 cm³/mol. The molecule has 13 heavy (non-hydrogen) atoms. The lowest BCUT2D eigenvalue weighted by Crippen LogP contribution is -1.94. The molecule has 1 rings (SSSR count). The molecule has 0 atom stereocenters. The molecule has 0 fully saturated rings. The average Bonchev–Trinajstić information content (AvgIpc) is 2.13. The first-order chi connectivity index (χ1) is 6.11. The molecule has 1 aromatic rings. The Bertz CT molecular complexity index is 379. The Kier molecular flexibility index (Phi) is 2.94. The van der Waals surface area contributed by atoms with Gasteiger partial charge in [-0.2, -0.15) is 5.26 Å². The molecule has 2 nitrogen and oxygen atoms in total. The van der Waals surface area contributed by atoms with Crippen molar-refractivity contribution in [2.45, 2.75) is 13.8 Å². The van der Waals surface area contributed by atoms with Gasteiger partial charge in [0, 0.05) is 4.47 Å². The fourth-order valence-electron chi connectivity index (χ4n) is 1.20. The summed E-state index contributed by atoms with van der Waals surface area (Å²) in [5.41, 5.74) is 2.68. The zero-order valence-corrected chi connectivity index (χ0v) is 9.40. The SMILES string of the molecule is COc1c(C#N)cc(Br)c(C)c1C. The molecule has 1 aromatic carbocycles. The van der Waals surface area contributed by atoms with Gasteiger partial charge in [0.2, 0.25) is 0 Å². The van der Waals surface area contributed by atoms with Crippen molar-refractivity contribution in [3.63, 3.8) is 0 Å². The van der Waals surface area contributed by atoms with Gasteiger partial charge >= 0.3 is 0 Å². The Hall–Kier alpha value is -1.01. The van der Waals surface area contributed by atoms with Crippen LogP contribution in [-0.4, -0.2) is 7.11 Å². The Labute approximate surface area is 86.3 Å². The van der Waals surface area contributed by atoms with Gasteiger partial charge in [-0.1, -0.05) is 15.9 Å². The minimum atomic E-state index is 0.567. The van der Waals surface area contributed by atoms with Gasteiger partial charge in [-0.3, -0.25) is 0 Å². The number of nitriles is 1. The molecular formula is C10H10BrNO. The van der Waals surface area contributed by atoms with Crippen LogP contribution in [0.25, 0.3) is 0 Å². The number of nitrogens with zero attached hydrogens (tertiary/aromatic N) is 1. The molecule has 0 radical (unpaired) electrons. The lowest BCUT2D eigenvalue weighted by Gasteiger charge is -2.10. The van der Waals surface area contributed by atoms with E-state index in [0.717, 1.165) is 15.6 Å². The van der Waals surface area contributed by atoms with Gasteiger partial charge in [-0.15, -0.1) is 0 Å². The van der Waals surface area contributed by atoms with Crippen LogP contribution in [0.3, 0.4) is 0 Å². The number of halogens is 1. The van der Waals surface area contributed by atoms with E-state index in [1.54, 1.807) is 13.2 Å². The van der Waals surface area contributed by atoms with Crippen molar-refractivity contribution in [1.29, 1.82) is 5.26 Å². The van der Waals surface area contributed by atoms with Gasteiger partial charge in [0.15, 0.2) is 0 Å². The van der Waals surface area contributed by atoms with Gasteiger partial charge in [-0.05, 0) is 31.0 Å². The Morgan fingerprint density at radius 1 is 1.38 bits per heavy atom. The van der Waals surface area contributed by atoms with Gasteiger partial charge in [0.25, 0.3) is 0 Å². The molecule has 0 spiro atoms. The Balaban J connectivity index is 3.50. The summed E-state index contributed by atoms with van der Waals surface area (Å²) >= 11 is 3.39. The Morgan fingerprint density at radius 2 is 2.00 bits per heavy atom. The minimum absolute atomic E-state index is 0.567. The third-order valence-corrected chi connectivity index (χ3v) is 2.93. The highest BCUT2D eigenvalue weighted by Crippen LogP contribution is 2.31. The molecule has 3 heteroatoms. The molecule has 0 saturated carbocycles. The van der Waals surface area contributed by atoms with Crippen LogP contribution in [0.4, 0.5) is 0 Å². The van der Waals surface area contributed by atoms with E-state index in [4.69, 9.17) is 10.00 Å². The number of methoxy groups -OCH3 is 1. The summed E-state index contributed by atoms with van der Waals surface area (Å²) in [4.78, 5) is 0. The van der Waals surface area contributed by atoms with E-state index in [1.807, 2.05) is 13.8 Å². The standard InChI is InChI=1S/C10H10BrNO/c1-6-7(2)10(13-3)8(5-12)4-9(6)11/h4H,1-3H3. The van der Waals surface area contributed by atoms with Crippen LogP contribution >= 0.6 is 15.9 Å². The summed E-state index contributed by atoms with van der Waals surface area (Å²) in [5, 5.41) is 8.84. The van der Waals surface area contributed by atoms with Crippen LogP contribution in [-0.2, 0) is 0 Å². The summed E-state index contributed by atoms with van der Waals surface area (Å²) in [6.45, 7) is 3.93. The molecule has 0 aromatic heterocycles. The summed E-state index contributed by atoms with van der Waals surface area (Å²) < 4.78 is 6.11. The van der Waals surface area contributed by atoms with E-state index in [9.17, 15) is 0 Å². The van der Waals surface area contributed by atoms with Crippen LogP contribution < -0.4 is 4.74 Å². The molecule has 0 unspecified atom stereocenters. The van der Waals surface area contributed by atoms with E-state index in [1.165, 1.54) is 0 Å². The number of hydrogen-bond donors (Lipinski definition) is 0. The first-order valence-corrected chi connectivity index (χ1v) is 4.65. The van der Waals surface area contributed by atoms with Gasteiger partial charge < -0.3 is 4.74 Å². The van der Waals surface area contributed by atoms with Gasteiger partial charge in [0.05, 0.1) is 12.7 Å². The van der Waals surface area contributed by atoms with Crippen molar-refractivity contribution in [1.82, 2.24) is 0 Å². The van der Waals surface area contributed by atoms with Crippen molar-refractivity contribution in [3.05, 3.63) is 27.2 Å². The molecule has 0 aliphatic carbocycles. The van der Waals surface area contributed by atoms with E-state index in [0.29, 0.717) is 11.3 Å². The van der Waals surface area contributed by atoms with Crippen molar-refractivity contribution < 1.29 is 4.74 Å². The van der Waals surface area contributed by atoms with E-state index >= 15 is 0 Å². The molecule has 0 aliphatic rings. The molecule has 0 heterocycles. The van der Waals surface area contributed by atoms with Crippen molar-refractivity contribution >= 4 is 15.9 Å². The molecule has 0 aliphatic heterocycles. The summed E-state index contributed by atoms with van der Waals surface area (Å²) in [6, 6.07) is 3.88. The third kappa shape index (κ3) is 1.68. The molecule has 0 N–H and O–H groups in total. The fourth-order valence-corrected chi connectivity index (χ4v) is 1.72. The van der Waals surface area contributed by atoms with Gasteiger partial charge in [0.1, 0.15) is 11.8 Å². The minimum Gasteiger partial charge on any atom is -0.495 e. The average molecular weight is 240 g/mol. The largest absolute Gasteiger partial charge is 0.495 e. The second-order valence-electron chi connectivity index (χ2n) is 2.80. The van der Waals surface area contributed by atoms with E-state index < -0.39 is 0 Å². The lowest BCUT2D eigenvalue weighted by molar-refractivity contribution is 0.410. The zero-order valence-electron chi connectivity index (χ0n) is 7.81. The number of benzene rings is 1. The van der Waals surface area contributed by atoms with Crippen LogP contribution in [0.5, 0.6) is 5.75 Å². The predicted octanol–water partition coefficient (Wildman–Crippen LogP) is 2.95. The summed E-state index contributed by atoms with van der Waals surface area (Å²) in [6.07, 6.45) is 0. The van der Waals surface area contributed by atoms with E-state index in [-0.39, 0.29) is 0 Å². The molecule has 0 bridgehead atoms.